The van der Waals surface area contributed by atoms with Crippen LogP contribution in [0, 0.1) is 0 Å². The van der Waals surface area contributed by atoms with Crippen molar-refractivity contribution < 1.29 is 8.42 Å². The average molecular weight is 391 g/mol. The van der Waals surface area contributed by atoms with Crippen LogP contribution in [0.1, 0.15) is 27.8 Å². The van der Waals surface area contributed by atoms with E-state index in [2.05, 4.69) is 47.2 Å². The molecule has 0 amide bonds. The molecule has 0 bridgehead atoms. The van der Waals surface area contributed by atoms with E-state index in [9.17, 15) is 8.42 Å². The normalized spacial score (nSPS) is 14.8. The zero-order valence-corrected chi connectivity index (χ0v) is 16.5. The van der Waals surface area contributed by atoms with Crippen LogP contribution in [-0.4, -0.2) is 14.7 Å². The molecule has 0 aliphatic heterocycles. The molecule has 3 aromatic carbocycles. The van der Waals surface area contributed by atoms with Gasteiger partial charge in [-0.2, -0.15) is 0 Å². The summed E-state index contributed by atoms with van der Waals surface area (Å²) in [5, 5.41) is 0. The van der Waals surface area contributed by atoms with Gasteiger partial charge in [0.25, 0.3) is 0 Å². The second-order valence-electron chi connectivity index (χ2n) is 7.13. The molecule has 142 valence electrons. The van der Waals surface area contributed by atoms with Crippen molar-refractivity contribution in [1.82, 2.24) is 0 Å². The highest BCUT2D eigenvalue weighted by Crippen LogP contribution is 2.36. The molecule has 0 saturated heterocycles. The SMILES string of the molecule is CS(=O)(=O)Nc1cccc(/C=C2/c3ccccc3CCc3cc(N)ccc32)c1. The van der Waals surface area contributed by atoms with Crippen molar-refractivity contribution >= 4 is 33.0 Å². The minimum atomic E-state index is -3.32. The maximum atomic E-state index is 11.6. The number of sulfonamides is 1. The number of hydrogen-bond acceptors (Lipinski definition) is 3. The lowest BCUT2D eigenvalue weighted by atomic mass is 9.92. The molecule has 0 atom stereocenters. The third-order valence-electron chi connectivity index (χ3n) is 4.89. The van der Waals surface area contributed by atoms with Crippen molar-refractivity contribution in [3.05, 3.63) is 94.5 Å². The molecule has 0 saturated carbocycles. The first-order chi connectivity index (χ1) is 13.4. The third kappa shape index (κ3) is 3.94. The fourth-order valence-electron chi connectivity index (χ4n) is 3.73. The van der Waals surface area contributed by atoms with Crippen LogP contribution >= 0.6 is 0 Å². The molecule has 5 heteroatoms. The number of nitrogen functional groups attached to an aromatic ring is 1. The van der Waals surface area contributed by atoms with Gasteiger partial charge in [0.1, 0.15) is 0 Å². The highest BCUT2D eigenvalue weighted by Gasteiger charge is 2.18. The molecule has 0 unspecified atom stereocenters. The molecule has 0 spiro atoms. The number of rotatable bonds is 3. The van der Waals surface area contributed by atoms with Gasteiger partial charge in [0.15, 0.2) is 0 Å². The molecule has 0 heterocycles. The molecule has 1 aliphatic rings. The summed E-state index contributed by atoms with van der Waals surface area (Å²) >= 11 is 0. The summed E-state index contributed by atoms with van der Waals surface area (Å²) in [5.41, 5.74) is 14.3. The summed E-state index contributed by atoms with van der Waals surface area (Å²) in [6.45, 7) is 0. The third-order valence-corrected chi connectivity index (χ3v) is 5.50. The lowest BCUT2D eigenvalue weighted by Gasteiger charge is -2.13. The van der Waals surface area contributed by atoms with Crippen LogP contribution < -0.4 is 10.5 Å². The predicted octanol–water partition coefficient (Wildman–Crippen LogP) is 4.33. The van der Waals surface area contributed by atoms with Crippen LogP contribution in [0.5, 0.6) is 0 Å². The summed E-state index contributed by atoms with van der Waals surface area (Å²) < 4.78 is 25.7. The van der Waals surface area contributed by atoms with E-state index in [0.29, 0.717) is 5.69 Å². The van der Waals surface area contributed by atoms with E-state index < -0.39 is 10.0 Å². The van der Waals surface area contributed by atoms with E-state index in [0.717, 1.165) is 35.9 Å². The summed E-state index contributed by atoms with van der Waals surface area (Å²) in [7, 11) is -3.32. The Labute approximate surface area is 165 Å². The molecule has 3 N–H and O–H groups in total. The molecule has 4 rings (SSSR count). The monoisotopic (exact) mass is 390 g/mol. The zero-order chi connectivity index (χ0) is 19.7. The van der Waals surface area contributed by atoms with Crippen molar-refractivity contribution in [3.8, 4) is 0 Å². The number of hydrogen-bond donors (Lipinski definition) is 2. The van der Waals surface area contributed by atoms with E-state index in [1.807, 2.05) is 24.3 Å². The summed E-state index contributed by atoms with van der Waals surface area (Å²) in [5.74, 6) is 0. The van der Waals surface area contributed by atoms with E-state index in [1.165, 1.54) is 22.3 Å². The van der Waals surface area contributed by atoms with Crippen LogP contribution in [-0.2, 0) is 22.9 Å². The molecule has 0 fully saturated rings. The van der Waals surface area contributed by atoms with Crippen molar-refractivity contribution in [3.63, 3.8) is 0 Å². The van der Waals surface area contributed by atoms with Gasteiger partial charge in [-0.1, -0.05) is 42.5 Å². The second kappa shape index (κ2) is 7.17. The Balaban J connectivity index is 1.88. The maximum Gasteiger partial charge on any atom is 0.229 e. The topological polar surface area (TPSA) is 72.2 Å². The van der Waals surface area contributed by atoms with Crippen molar-refractivity contribution in [2.45, 2.75) is 12.8 Å². The zero-order valence-electron chi connectivity index (χ0n) is 15.6. The van der Waals surface area contributed by atoms with Crippen LogP contribution in [0.3, 0.4) is 0 Å². The number of benzene rings is 3. The molecule has 0 aromatic heterocycles. The predicted molar refractivity (Wildman–Crippen MR) is 117 cm³/mol. The van der Waals surface area contributed by atoms with Crippen molar-refractivity contribution in [2.75, 3.05) is 16.7 Å². The molecule has 3 aromatic rings. The van der Waals surface area contributed by atoms with Gasteiger partial charge < -0.3 is 5.73 Å². The first kappa shape index (κ1) is 18.3. The Morgan fingerprint density at radius 3 is 2.46 bits per heavy atom. The van der Waals surface area contributed by atoms with Crippen LogP contribution in [0.4, 0.5) is 11.4 Å². The maximum absolute atomic E-state index is 11.6. The molecular weight excluding hydrogens is 368 g/mol. The molecular formula is C23H22N2O2S. The summed E-state index contributed by atoms with van der Waals surface area (Å²) in [6, 6.07) is 21.9. The number of anilines is 2. The van der Waals surface area contributed by atoms with Crippen molar-refractivity contribution in [2.24, 2.45) is 0 Å². The Morgan fingerprint density at radius 1 is 0.893 bits per heavy atom. The fraction of sp³-hybridized carbons (Fsp3) is 0.130. The van der Waals surface area contributed by atoms with E-state index in [4.69, 9.17) is 5.73 Å². The minimum absolute atomic E-state index is 0.552. The van der Waals surface area contributed by atoms with Gasteiger partial charge in [-0.05, 0) is 76.6 Å². The van der Waals surface area contributed by atoms with E-state index >= 15 is 0 Å². The average Bonchev–Trinajstić information content (AvgIpc) is 2.78. The number of nitrogens with two attached hydrogens (primary N) is 1. The van der Waals surface area contributed by atoms with Gasteiger partial charge >= 0.3 is 0 Å². The molecule has 1 aliphatic carbocycles. The van der Waals surface area contributed by atoms with Crippen molar-refractivity contribution in [1.29, 1.82) is 0 Å². The number of nitrogens with one attached hydrogen (secondary N) is 1. The Morgan fingerprint density at radius 2 is 1.64 bits per heavy atom. The lowest BCUT2D eigenvalue weighted by Crippen LogP contribution is -2.09. The Bertz CT molecular complexity index is 1180. The lowest BCUT2D eigenvalue weighted by molar-refractivity contribution is 0.607. The smallest absolute Gasteiger partial charge is 0.229 e. The molecule has 0 radical (unpaired) electrons. The quantitative estimate of drug-likeness (QED) is 0.654. The van der Waals surface area contributed by atoms with Gasteiger partial charge in [0.05, 0.1) is 6.26 Å². The second-order valence-corrected chi connectivity index (χ2v) is 8.88. The van der Waals surface area contributed by atoms with Gasteiger partial charge in [-0.25, -0.2) is 8.42 Å². The number of aryl methyl sites for hydroxylation is 2. The fourth-order valence-corrected chi connectivity index (χ4v) is 4.28. The minimum Gasteiger partial charge on any atom is -0.399 e. The largest absolute Gasteiger partial charge is 0.399 e. The van der Waals surface area contributed by atoms with Gasteiger partial charge in [0.2, 0.25) is 10.0 Å². The summed E-state index contributed by atoms with van der Waals surface area (Å²) in [4.78, 5) is 0. The molecule has 28 heavy (non-hydrogen) atoms. The molecule has 4 nitrogen and oxygen atoms in total. The first-order valence-electron chi connectivity index (χ1n) is 9.16. The Hall–Kier alpha value is -3.05. The Kier molecular flexibility index (Phi) is 4.69. The highest BCUT2D eigenvalue weighted by molar-refractivity contribution is 7.92. The van der Waals surface area contributed by atoms with Crippen LogP contribution in [0.2, 0.25) is 0 Å². The van der Waals surface area contributed by atoms with Crippen LogP contribution in [0.15, 0.2) is 66.7 Å². The van der Waals surface area contributed by atoms with Gasteiger partial charge in [-0.15, -0.1) is 0 Å². The van der Waals surface area contributed by atoms with Gasteiger partial charge in [0, 0.05) is 11.4 Å². The standard InChI is InChI=1S/C23H22N2O2S/c1-28(26,27)25-20-7-4-5-16(13-20)14-23-21-8-3-2-6-17(21)9-10-18-15-19(24)11-12-22(18)23/h2-8,11-15,25H,9-10,24H2,1H3/b23-14-. The number of fused-ring (bicyclic) bond motifs is 2. The van der Waals surface area contributed by atoms with Crippen LogP contribution in [0.25, 0.3) is 11.6 Å². The van der Waals surface area contributed by atoms with E-state index in [1.54, 1.807) is 6.07 Å². The summed E-state index contributed by atoms with van der Waals surface area (Å²) in [6.07, 6.45) is 5.16. The van der Waals surface area contributed by atoms with E-state index in [-0.39, 0.29) is 0 Å². The first-order valence-corrected chi connectivity index (χ1v) is 11.0. The van der Waals surface area contributed by atoms with Gasteiger partial charge in [-0.3, -0.25) is 4.72 Å². The highest BCUT2D eigenvalue weighted by atomic mass is 32.2.